The third-order valence-corrected chi connectivity index (χ3v) is 6.72. The largest absolute Gasteiger partial charge is 0.383 e. The molecule has 0 fully saturated rings. The molecule has 152 valence electrons. The van der Waals surface area contributed by atoms with Crippen molar-refractivity contribution in [2.45, 2.75) is 30.2 Å². The van der Waals surface area contributed by atoms with Gasteiger partial charge in [-0.2, -0.15) is 0 Å². The van der Waals surface area contributed by atoms with Gasteiger partial charge in [0.05, 0.1) is 11.5 Å². The van der Waals surface area contributed by atoms with E-state index in [2.05, 4.69) is 10.3 Å². The van der Waals surface area contributed by atoms with Gasteiger partial charge in [-0.05, 0) is 43.7 Å². The molecule has 0 bridgehead atoms. The molecule has 0 radical (unpaired) electrons. The summed E-state index contributed by atoms with van der Waals surface area (Å²) >= 11 is 0. The van der Waals surface area contributed by atoms with E-state index in [-0.39, 0.29) is 15.6 Å². The van der Waals surface area contributed by atoms with E-state index in [0.717, 1.165) is 5.69 Å². The van der Waals surface area contributed by atoms with E-state index in [0.29, 0.717) is 24.3 Å². The number of ether oxygens (including phenoxy) is 1. The molecule has 0 aliphatic rings. The molecule has 3 rings (SSSR count). The summed E-state index contributed by atoms with van der Waals surface area (Å²) in [5.74, 6) is -0.171. The lowest BCUT2D eigenvalue weighted by atomic mass is 10.2. The van der Waals surface area contributed by atoms with E-state index in [9.17, 15) is 13.2 Å². The number of hydrogen-bond donors (Lipinski definition) is 1. The molecule has 29 heavy (non-hydrogen) atoms. The van der Waals surface area contributed by atoms with Crippen molar-refractivity contribution in [2.24, 2.45) is 0 Å². The zero-order valence-electron chi connectivity index (χ0n) is 16.5. The van der Waals surface area contributed by atoms with Crippen molar-refractivity contribution < 1.29 is 17.9 Å². The molecular formula is C21H23N3O4S. The number of nitrogens with one attached hydrogen (secondary N) is 1. The zero-order valence-corrected chi connectivity index (χ0v) is 17.4. The Bertz CT molecular complexity index is 1110. The Hall–Kier alpha value is -2.97. The van der Waals surface area contributed by atoms with E-state index >= 15 is 0 Å². The quantitative estimate of drug-likeness (QED) is 0.642. The number of hydrogen-bond acceptors (Lipinski definition) is 5. The van der Waals surface area contributed by atoms with E-state index in [1.54, 1.807) is 61.1 Å². The smallest absolute Gasteiger partial charge is 0.256 e. The number of methoxy groups -OCH3 is 1. The summed E-state index contributed by atoms with van der Waals surface area (Å²) in [7, 11) is -2.27. The molecule has 1 amide bonds. The van der Waals surface area contributed by atoms with Gasteiger partial charge in [-0.25, -0.2) is 8.42 Å². The van der Waals surface area contributed by atoms with Crippen LogP contribution in [0.2, 0.25) is 0 Å². The fourth-order valence-electron chi connectivity index (χ4n) is 3.15. The predicted molar refractivity (Wildman–Crippen MR) is 110 cm³/mol. The first-order chi connectivity index (χ1) is 13.9. The second-order valence-electron chi connectivity index (χ2n) is 6.54. The fraction of sp³-hybridized carbons (Fsp3) is 0.238. The van der Waals surface area contributed by atoms with Crippen LogP contribution < -0.4 is 5.32 Å². The molecule has 0 aliphatic carbocycles. The minimum atomic E-state index is -3.84. The van der Waals surface area contributed by atoms with Crippen molar-refractivity contribution in [1.82, 2.24) is 9.55 Å². The van der Waals surface area contributed by atoms with Crippen LogP contribution in [0.4, 0.5) is 5.82 Å². The molecule has 8 heteroatoms. The molecular weight excluding hydrogens is 390 g/mol. The lowest BCUT2D eigenvalue weighted by molar-refractivity contribution is 0.102. The van der Waals surface area contributed by atoms with E-state index < -0.39 is 15.7 Å². The first kappa shape index (κ1) is 20.8. The molecule has 0 unspecified atom stereocenters. The standard InChI is InChI=1S/C21H23N3O4S/c1-15-16(2)24(13-14-28-3)20(23-21(25)17-9-11-22-12-10-17)19(15)29(26,27)18-7-5-4-6-8-18/h4-12H,13-14H2,1-3H3,(H,23,25). The Kier molecular flexibility index (Phi) is 6.14. The minimum absolute atomic E-state index is 0.0970. The van der Waals surface area contributed by atoms with Gasteiger partial charge in [-0.15, -0.1) is 0 Å². The van der Waals surface area contributed by atoms with Crippen LogP contribution in [0.1, 0.15) is 21.6 Å². The first-order valence-electron chi connectivity index (χ1n) is 9.08. The monoisotopic (exact) mass is 413 g/mol. The molecule has 2 heterocycles. The van der Waals surface area contributed by atoms with Crippen LogP contribution >= 0.6 is 0 Å². The maximum Gasteiger partial charge on any atom is 0.256 e. The van der Waals surface area contributed by atoms with Crippen molar-refractivity contribution in [3.8, 4) is 0 Å². The SMILES string of the molecule is COCCn1c(C)c(C)c(S(=O)(=O)c2ccccc2)c1NC(=O)c1ccncc1. The number of carbonyl (C=O) groups excluding carboxylic acids is 1. The molecule has 0 atom stereocenters. The Morgan fingerprint density at radius 2 is 1.76 bits per heavy atom. The summed E-state index contributed by atoms with van der Waals surface area (Å²) in [6.45, 7) is 4.35. The fourth-order valence-corrected chi connectivity index (χ4v) is 4.87. The van der Waals surface area contributed by atoms with Gasteiger partial charge in [0.15, 0.2) is 0 Å². The average molecular weight is 413 g/mol. The Morgan fingerprint density at radius 1 is 1.10 bits per heavy atom. The Balaban J connectivity index is 2.16. The third kappa shape index (κ3) is 4.08. The predicted octanol–water partition coefficient (Wildman–Crippen LogP) is 3.23. The van der Waals surface area contributed by atoms with E-state index in [1.165, 1.54) is 12.4 Å². The number of pyridine rings is 1. The summed E-state index contributed by atoms with van der Waals surface area (Å²) in [5.41, 5.74) is 1.73. The van der Waals surface area contributed by atoms with Crippen molar-refractivity contribution in [3.05, 3.63) is 71.7 Å². The number of amides is 1. The first-order valence-corrected chi connectivity index (χ1v) is 10.6. The van der Waals surface area contributed by atoms with Crippen molar-refractivity contribution >= 4 is 21.6 Å². The highest BCUT2D eigenvalue weighted by Crippen LogP contribution is 2.35. The molecule has 0 saturated heterocycles. The minimum Gasteiger partial charge on any atom is -0.383 e. The van der Waals surface area contributed by atoms with Crippen molar-refractivity contribution in [1.29, 1.82) is 0 Å². The topological polar surface area (TPSA) is 90.3 Å². The number of carbonyl (C=O) groups is 1. The number of benzene rings is 1. The van der Waals surface area contributed by atoms with Gasteiger partial charge in [0.25, 0.3) is 5.91 Å². The summed E-state index contributed by atoms with van der Waals surface area (Å²) in [6.07, 6.45) is 3.02. The van der Waals surface area contributed by atoms with Crippen LogP contribution in [0.25, 0.3) is 0 Å². The van der Waals surface area contributed by atoms with E-state index in [1.807, 2.05) is 6.92 Å². The maximum atomic E-state index is 13.4. The molecule has 7 nitrogen and oxygen atoms in total. The zero-order chi connectivity index (χ0) is 21.0. The second kappa shape index (κ2) is 8.59. The van der Waals surface area contributed by atoms with E-state index in [4.69, 9.17) is 4.74 Å². The molecule has 1 N–H and O–H groups in total. The molecule has 3 aromatic rings. The van der Waals surface area contributed by atoms with Gasteiger partial charge in [0.1, 0.15) is 10.7 Å². The van der Waals surface area contributed by atoms with Crippen LogP contribution in [-0.4, -0.2) is 37.6 Å². The van der Waals surface area contributed by atoms with Gasteiger partial charge >= 0.3 is 0 Å². The number of aromatic nitrogens is 2. The van der Waals surface area contributed by atoms with Gasteiger partial charge in [0.2, 0.25) is 9.84 Å². The number of rotatable bonds is 7. The van der Waals surface area contributed by atoms with Gasteiger partial charge < -0.3 is 14.6 Å². The highest BCUT2D eigenvalue weighted by molar-refractivity contribution is 7.91. The average Bonchev–Trinajstić information content (AvgIpc) is 2.97. The lowest BCUT2D eigenvalue weighted by Crippen LogP contribution is -2.19. The van der Waals surface area contributed by atoms with Crippen molar-refractivity contribution in [3.63, 3.8) is 0 Å². The summed E-state index contributed by atoms with van der Waals surface area (Å²) in [5, 5.41) is 2.80. The van der Waals surface area contributed by atoms with Crippen molar-refractivity contribution in [2.75, 3.05) is 19.0 Å². The van der Waals surface area contributed by atoms with Gasteiger partial charge in [-0.1, -0.05) is 18.2 Å². The third-order valence-electron chi connectivity index (χ3n) is 4.79. The van der Waals surface area contributed by atoms with Gasteiger partial charge in [-0.3, -0.25) is 9.78 Å². The molecule has 0 saturated carbocycles. The summed E-state index contributed by atoms with van der Waals surface area (Å²) in [4.78, 5) is 17.0. The highest BCUT2D eigenvalue weighted by atomic mass is 32.2. The lowest BCUT2D eigenvalue weighted by Gasteiger charge is -2.14. The Morgan fingerprint density at radius 3 is 2.38 bits per heavy atom. The summed E-state index contributed by atoms with van der Waals surface area (Å²) < 4.78 is 33.8. The van der Waals surface area contributed by atoms with Gasteiger partial charge in [0, 0.05) is 37.3 Å². The molecule has 0 aliphatic heterocycles. The second-order valence-corrected chi connectivity index (χ2v) is 8.43. The summed E-state index contributed by atoms with van der Waals surface area (Å²) in [6, 6.07) is 11.3. The number of nitrogens with zero attached hydrogens (tertiary/aromatic N) is 2. The van der Waals surface area contributed by atoms with Crippen LogP contribution in [0.15, 0.2) is 64.6 Å². The maximum absolute atomic E-state index is 13.4. The van der Waals surface area contributed by atoms with Crippen LogP contribution in [-0.2, 0) is 21.1 Å². The van der Waals surface area contributed by atoms with Crippen LogP contribution in [0.5, 0.6) is 0 Å². The number of anilines is 1. The van der Waals surface area contributed by atoms with Crippen LogP contribution in [0.3, 0.4) is 0 Å². The van der Waals surface area contributed by atoms with Crippen LogP contribution in [0, 0.1) is 13.8 Å². The molecule has 0 spiro atoms. The number of sulfone groups is 1. The molecule has 2 aromatic heterocycles. The Labute approximate surface area is 170 Å². The normalized spacial score (nSPS) is 11.4. The molecule has 1 aromatic carbocycles. The highest BCUT2D eigenvalue weighted by Gasteiger charge is 2.30.